The number of carbonyl (C=O) groups excluding carboxylic acids is 1. The van der Waals surface area contributed by atoms with Crippen LogP contribution in [0.25, 0.3) is 0 Å². The van der Waals surface area contributed by atoms with Gasteiger partial charge in [-0.3, -0.25) is 4.79 Å². The predicted molar refractivity (Wildman–Crippen MR) is 74.4 cm³/mol. The summed E-state index contributed by atoms with van der Waals surface area (Å²) in [6.07, 6.45) is 6.63. The van der Waals surface area contributed by atoms with Crippen molar-refractivity contribution in [1.29, 1.82) is 0 Å². The Balaban J connectivity index is 1.41. The summed E-state index contributed by atoms with van der Waals surface area (Å²) in [5.74, 6) is 0.975. The zero-order valence-electron chi connectivity index (χ0n) is 11.2. The van der Waals surface area contributed by atoms with Gasteiger partial charge >= 0.3 is 0 Å². The van der Waals surface area contributed by atoms with Crippen molar-refractivity contribution in [3.05, 3.63) is 48.5 Å². The molecule has 0 aliphatic carbocycles. The molecule has 0 fully saturated rings. The highest BCUT2D eigenvalue weighted by Crippen LogP contribution is 2.27. The van der Waals surface area contributed by atoms with Crippen LogP contribution in [0.2, 0.25) is 0 Å². The lowest BCUT2D eigenvalue weighted by molar-refractivity contribution is -0.121. The lowest BCUT2D eigenvalue weighted by Crippen LogP contribution is -2.34. The molecule has 0 saturated heterocycles. The molecule has 0 radical (unpaired) electrons. The Hall–Kier alpha value is -2.30. The van der Waals surface area contributed by atoms with E-state index in [1.165, 1.54) is 5.56 Å². The van der Waals surface area contributed by atoms with Gasteiger partial charge in [0.05, 0.1) is 12.9 Å². The molecule has 2 heterocycles. The van der Waals surface area contributed by atoms with Crippen LogP contribution in [-0.2, 0) is 17.8 Å². The summed E-state index contributed by atoms with van der Waals surface area (Å²) < 4.78 is 7.67. The first-order valence-corrected chi connectivity index (χ1v) is 6.78. The van der Waals surface area contributed by atoms with Gasteiger partial charge in [0.15, 0.2) is 0 Å². The average molecular weight is 271 g/mol. The number of fused-ring (bicyclic) bond motifs is 1. The van der Waals surface area contributed by atoms with E-state index in [-0.39, 0.29) is 12.0 Å². The molecule has 3 rings (SSSR count). The molecule has 1 unspecified atom stereocenters. The molecule has 5 nitrogen and oxygen atoms in total. The zero-order chi connectivity index (χ0) is 13.8. The third-order valence-electron chi connectivity index (χ3n) is 3.40. The van der Waals surface area contributed by atoms with Gasteiger partial charge in [0.2, 0.25) is 5.91 Å². The van der Waals surface area contributed by atoms with E-state index in [2.05, 4.69) is 16.4 Å². The number of para-hydroxylation sites is 1. The first-order valence-electron chi connectivity index (χ1n) is 6.78. The highest BCUT2D eigenvalue weighted by atomic mass is 16.5. The van der Waals surface area contributed by atoms with Crippen LogP contribution in [0.3, 0.4) is 0 Å². The van der Waals surface area contributed by atoms with Crippen molar-refractivity contribution in [1.82, 2.24) is 14.9 Å². The molecule has 0 spiro atoms. The number of imidazole rings is 1. The van der Waals surface area contributed by atoms with Gasteiger partial charge in [0.25, 0.3) is 0 Å². The molecule has 2 aromatic rings. The van der Waals surface area contributed by atoms with Crippen LogP contribution >= 0.6 is 0 Å². The van der Waals surface area contributed by atoms with Gasteiger partial charge in [-0.25, -0.2) is 4.98 Å². The molecule has 1 N–H and O–H groups in total. The van der Waals surface area contributed by atoms with Crippen molar-refractivity contribution in [3.63, 3.8) is 0 Å². The maximum absolute atomic E-state index is 11.8. The fraction of sp³-hybridized carbons (Fsp3) is 0.333. The van der Waals surface area contributed by atoms with E-state index in [1.807, 2.05) is 29.0 Å². The smallest absolute Gasteiger partial charge is 0.221 e. The molecular weight excluding hydrogens is 254 g/mol. The second-order valence-electron chi connectivity index (χ2n) is 4.91. The Morgan fingerprint density at radius 2 is 2.35 bits per heavy atom. The summed E-state index contributed by atoms with van der Waals surface area (Å²) >= 11 is 0. The van der Waals surface area contributed by atoms with Crippen LogP contribution in [0, 0.1) is 0 Å². The SMILES string of the molecule is O=C(CCn1ccnc1)NCC1Cc2ccccc2O1. The highest BCUT2D eigenvalue weighted by Gasteiger charge is 2.22. The Labute approximate surface area is 117 Å². The van der Waals surface area contributed by atoms with Crippen molar-refractivity contribution >= 4 is 5.91 Å². The summed E-state index contributed by atoms with van der Waals surface area (Å²) in [5.41, 5.74) is 1.21. The van der Waals surface area contributed by atoms with Gasteiger partial charge in [-0.2, -0.15) is 0 Å². The van der Waals surface area contributed by atoms with Crippen LogP contribution in [0.1, 0.15) is 12.0 Å². The number of carbonyl (C=O) groups is 1. The first-order chi connectivity index (χ1) is 9.81. The lowest BCUT2D eigenvalue weighted by Gasteiger charge is -2.12. The first kappa shape index (κ1) is 12.7. The minimum absolute atomic E-state index is 0.0401. The molecule has 20 heavy (non-hydrogen) atoms. The van der Waals surface area contributed by atoms with E-state index in [0.29, 0.717) is 19.5 Å². The molecule has 1 aromatic carbocycles. The van der Waals surface area contributed by atoms with E-state index < -0.39 is 0 Å². The number of benzene rings is 1. The van der Waals surface area contributed by atoms with E-state index in [4.69, 9.17) is 4.74 Å². The molecule has 104 valence electrons. The Bertz CT molecular complexity index is 556. The molecule has 1 aromatic heterocycles. The third-order valence-corrected chi connectivity index (χ3v) is 3.40. The Morgan fingerprint density at radius 3 is 3.15 bits per heavy atom. The van der Waals surface area contributed by atoms with Crippen LogP contribution in [-0.4, -0.2) is 28.1 Å². The van der Waals surface area contributed by atoms with Crippen molar-refractivity contribution in [2.75, 3.05) is 6.54 Å². The molecule has 0 bridgehead atoms. The number of ether oxygens (including phenoxy) is 1. The molecule has 1 amide bonds. The zero-order valence-corrected chi connectivity index (χ0v) is 11.2. The minimum Gasteiger partial charge on any atom is -0.488 e. The van der Waals surface area contributed by atoms with Gasteiger partial charge in [-0.15, -0.1) is 0 Å². The van der Waals surface area contributed by atoms with Crippen molar-refractivity contribution < 1.29 is 9.53 Å². The number of hydrogen-bond donors (Lipinski definition) is 1. The summed E-state index contributed by atoms with van der Waals surface area (Å²) in [4.78, 5) is 15.7. The van der Waals surface area contributed by atoms with Crippen LogP contribution in [0.5, 0.6) is 5.75 Å². The second kappa shape index (κ2) is 5.77. The quantitative estimate of drug-likeness (QED) is 0.894. The van der Waals surface area contributed by atoms with Crippen LogP contribution in [0.15, 0.2) is 43.0 Å². The topological polar surface area (TPSA) is 56.2 Å². The molecule has 1 aliphatic rings. The highest BCUT2D eigenvalue weighted by molar-refractivity contribution is 5.75. The van der Waals surface area contributed by atoms with E-state index in [1.54, 1.807) is 12.5 Å². The van der Waals surface area contributed by atoms with E-state index in [9.17, 15) is 4.79 Å². The Kier molecular flexibility index (Phi) is 3.67. The lowest BCUT2D eigenvalue weighted by atomic mass is 10.1. The largest absolute Gasteiger partial charge is 0.488 e. The maximum Gasteiger partial charge on any atom is 0.221 e. The molecule has 1 aliphatic heterocycles. The number of nitrogens with zero attached hydrogens (tertiary/aromatic N) is 2. The molecule has 0 saturated carbocycles. The number of rotatable bonds is 5. The van der Waals surface area contributed by atoms with Crippen LogP contribution in [0.4, 0.5) is 0 Å². The van der Waals surface area contributed by atoms with Gasteiger partial charge in [-0.1, -0.05) is 18.2 Å². The number of amides is 1. The Morgan fingerprint density at radius 1 is 1.45 bits per heavy atom. The normalized spacial score (nSPS) is 16.5. The van der Waals surface area contributed by atoms with Gasteiger partial charge < -0.3 is 14.6 Å². The summed E-state index contributed by atoms with van der Waals surface area (Å²) in [7, 11) is 0. The molecule has 1 atom stereocenters. The number of nitrogens with one attached hydrogen (secondary N) is 1. The average Bonchev–Trinajstić information content (AvgIpc) is 3.11. The van der Waals surface area contributed by atoms with Crippen molar-refractivity contribution in [3.8, 4) is 5.75 Å². The number of aryl methyl sites for hydroxylation is 1. The van der Waals surface area contributed by atoms with Crippen LogP contribution < -0.4 is 10.1 Å². The maximum atomic E-state index is 11.8. The van der Waals surface area contributed by atoms with Gasteiger partial charge in [0, 0.05) is 31.8 Å². The molecule has 5 heteroatoms. The summed E-state index contributed by atoms with van der Waals surface area (Å²) in [5, 5.41) is 2.92. The minimum atomic E-state index is 0.0401. The van der Waals surface area contributed by atoms with Crippen molar-refractivity contribution in [2.24, 2.45) is 0 Å². The summed E-state index contributed by atoms with van der Waals surface area (Å²) in [6, 6.07) is 8.01. The second-order valence-corrected chi connectivity index (χ2v) is 4.91. The monoisotopic (exact) mass is 271 g/mol. The fourth-order valence-electron chi connectivity index (χ4n) is 2.33. The third kappa shape index (κ3) is 2.99. The predicted octanol–water partition coefficient (Wildman–Crippen LogP) is 1.39. The number of hydrogen-bond acceptors (Lipinski definition) is 3. The fourth-order valence-corrected chi connectivity index (χ4v) is 2.33. The van der Waals surface area contributed by atoms with E-state index >= 15 is 0 Å². The van der Waals surface area contributed by atoms with E-state index in [0.717, 1.165) is 12.2 Å². The van der Waals surface area contributed by atoms with Gasteiger partial charge in [-0.05, 0) is 11.6 Å². The molecular formula is C15H17N3O2. The standard InChI is InChI=1S/C15H17N3O2/c19-15(5-7-18-8-6-16-11-18)17-10-13-9-12-3-1-2-4-14(12)20-13/h1-4,6,8,11,13H,5,7,9-10H2,(H,17,19). The van der Waals surface area contributed by atoms with Crippen molar-refractivity contribution in [2.45, 2.75) is 25.5 Å². The summed E-state index contributed by atoms with van der Waals surface area (Å²) in [6.45, 7) is 1.20. The van der Waals surface area contributed by atoms with Gasteiger partial charge in [0.1, 0.15) is 11.9 Å². The number of aromatic nitrogens is 2.